The van der Waals surface area contributed by atoms with Crippen molar-refractivity contribution < 1.29 is 9.53 Å². The monoisotopic (exact) mass is 284 g/mol. The van der Waals surface area contributed by atoms with Crippen molar-refractivity contribution in [2.75, 3.05) is 12.4 Å². The Morgan fingerprint density at radius 1 is 1.10 bits per heavy atom. The van der Waals surface area contributed by atoms with Crippen LogP contribution in [0.4, 0.5) is 5.69 Å². The van der Waals surface area contributed by atoms with Crippen LogP contribution in [0.25, 0.3) is 0 Å². The second kappa shape index (κ2) is 6.41. The first-order chi connectivity index (χ1) is 10.0. The molecule has 0 aliphatic carbocycles. The fourth-order valence-electron chi connectivity index (χ4n) is 2.04. The SMILES string of the molecule is COc1cc(C)ccc1NC(=O)C(N)c1ccc(C)cc1. The number of anilines is 1. The lowest BCUT2D eigenvalue weighted by Crippen LogP contribution is -2.27. The number of amides is 1. The molecule has 2 aromatic carbocycles. The number of carbonyl (C=O) groups excluding carboxylic acids is 1. The first-order valence-corrected chi connectivity index (χ1v) is 6.79. The third-order valence-corrected chi connectivity index (χ3v) is 3.33. The van der Waals surface area contributed by atoms with E-state index in [0.29, 0.717) is 11.4 Å². The Labute approximate surface area is 124 Å². The predicted octanol–water partition coefficient (Wildman–Crippen LogP) is 2.95. The van der Waals surface area contributed by atoms with Gasteiger partial charge in [0.05, 0.1) is 12.8 Å². The molecule has 110 valence electrons. The third-order valence-electron chi connectivity index (χ3n) is 3.33. The third kappa shape index (κ3) is 3.61. The average Bonchev–Trinajstić information content (AvgIpc) is 2.49. The second-order valence-electron chi connectivity index (χ2n) is 5.08. The van der Waals surface area contributed by atoms with E-state index >= 15 is 0 Å². The van der Waals surface area contributed by atoms with E-state index in [4.69, 9.17) is 10.5 Å². The molecule has 0 aromatic heterocycles. The quantitative estimate of drug-likeness (QED) is 0.907. The molecule has 2 rings (SSSR count). The average molecular weight is 284 g/mol. The minimum absolute atomic E-state index is 0.263. The number of benzene rings is 2. The number of methoxy groups -OCH3 is 1. The normalized spacial score (nSPS) is 11.8. The fourth-order valence-corrected chi connectivity index (χ4v) is 2.04. The lowest BCUT2D eigenvalue weighted by Gasteiger charge is -2.15. The maximum atomic E-state index is 12.3. The van der Waals surface area contributed by atoms with Crippen molar-refractivity contribution in [3.63, 3.8) is 0 Å². The van der Waals surface area contributed by atoms with Crippen molar-refractivity contribution in [1.82, 2.24) is 0 Å². The molecule has 0 aliphatic rings. The molecule has 0 saturated carbocycles. The summed E-state index contributed by atoms with van der Waals surface area (Å²) in [5.41, 5.74) is 9.60. The van der Waals surface area contributed by atoms with Crippen molar-refractivity contribution in [3.8, 4) is 5.75 Å². The number of hydrogen-bond donors (Lipinski definition) is 2. The summed E-state index contributed by atoms with van der Waals surface area (Å²) in [6, 6.07) is 12.5. The van der Waals surface area contributed by atoms with Gasteiger partial charge in [0, 0.05) is 0 Å². The van der Waals surface area contributed by atoms with Gasteiger partial charge in [0.2, 0.25) is 5.91 Å². The lowest BCUT2D eigenvalue weighted by molar-refractivity contribution is -0.117. The molecule has 21 heavy (non-hydrogen) atoms. The van der Waals surface area contributed by atoms with Gasteiger partial charge in [-0.05, 0) is 37.1 Å². The van der Waals surface area contributed by atoms with Gasteiger partial charge in [0.25, 0.3) is 0 Å². The highest BCUT2D eigenvalue weighted by Crippen LogP contribution is 2.26. The number of hydrogen-bond acceptors (Lipinski definition) is 3. The smallest absolute Gasteiger partial charge is 0.245 e. The van der Waals surface area contributed by atoms with E-state index < -0.39 is 6.04 Å². The van der Waals surface area contributed by atoms with Gasteiger partial charge >= 0.3 is 0 Å². The molecule has 1 unspecified atom stereocenters. The van der Waals surface area contributed by atoms with E-state index in [2.05, 4.69) is 5.32 Å². The molecular weight excluding hydrogens is 264 g/mol. The van der Waals surface area contributed by atoms with Gasteiger partial charge in [-0.15, -0.1) is 0 Å². The number of rotatable bonds is 4. The van der Waals surface area contributed by atoms with Crippen molar-refractivity contribution in [3.05, 3.63) is 59.2 Å². The zero-order valence-corrected chi connectivity index (χ0v) is 12.5. The lowest BCUT2D eigenvalue weighted by atomic mass is 10.1. The van der Waals surface area contributed by atoms with E-state index in [1.165, 1.54) is 0 Å². The molecule has 0 spiro atoms. The number of aryl methyl sites for hydroxylation is 2. The molecule has 1 atom stereocenters. The van der Waals surface area contributed by atoms with E-state index in [9.17, 15) is 4.79 Å². The van der Waals surface area contributed by atoms with Gasteiger partial charge in [-0.3, -0.25) is 4.79 Å². The van der Waals surface area contributed by atoms with Crippen LogP contribution in [0.3, 0.4) is 0 Å². The molecule has 1 amide bonds. The molecule has 4 heteroatoms. The highest BCUT2D eigenvalue weighted by molar-refractivity contribution is 5.96. The molecule has 2 aromatic rings. The first kappa shape index (κ1) is 15.1. The molecular formula is C17H20N2O2. The molecule has 0 aliphatic heterocycles. The Morgan fingerprint density at radius 2 is 1.71 bits per heavy atom. The maximum absolute atomic E-state index is 12.3. The molecule has 0 radical (unpaired) electrons. The minimum Gasteiger partial charge on any atom is -0.495 e. The fraction of sp³-hybridized carbons (Fsp3) is 0.235. The number of nitrogens with one attached hydrogen (secondary N) is 1. The van der Waals surface area contributed by atoms with Gasteiger partial charge < -0.3 is 15.8 Å². The minimum atomic E-state index is -0.711. The molecule has 4 nitrogen and oxygen atoms in total. The Bertz CT molecular complexity index is 636. The van der Waals surface area contributed by atoms with E-state index in [-0.39, 0.29) is 5.91 Å². The van der Waals surface area contributed by atoms with Crippen molar-refractivity contribution in [2.45, 2.75) is 19.9 Å². The van der Waals surface area contributed by atoms with E-state index in [1.807, 2.05) is 56.3 Å². The van der Waals surface area contributed by atoms with Crippen LogP contribution in [0.2, 0.25) is 0 Å². The summed E-state index contributed by atoms with van der Waals surface area (Å²) < 4.78 is 5.27. The van der Waals surface area contributed by atoms with Crippen LogP contribution in [-0.2, 0) is 4.79 Å². The molecule has 3 N–H and O–H groups in total. The van der Waals surface area contributed by atoms with Crippen molar-refractivity contribution >= 4 is 11.6 Å². The van der Waals surface area contributed by atoms with Crippen molar-refractivity contribution in [1.29, 1.82) is 0 Å². The van der Waals surface area contributed by atoms with Crippen LogP contribution in [0.5, 0.6) is 5.75 Å². The van der Waals surface area contributed by atoms with Crippen molar-refractivity contribution in [2.24, 2.45) is 5.73 Å². The second-order valence-corrected chi connectivity index (χ2v) is 5.08. The summed E-state index contributed by atoms with van der Waals surface area (Å²) in [6.07, 6.45) is 0. The summed E-state index contributed by atoms with van der Waals surface area (Å²) in [5, 5.41) is 2.81. The van der Waals surface area contributed by atoms with Crippen LogP contribution in [0.15, 0.2) is 42.5 Å². The summed E-state index contributed by atoms with van der Waals surface area (Å²) in [6.45, 7) is 3.96. The highest BCUT2D eigenvalue weighted by atomic mass is 16.5. The Hall–Kier alpha value is -2.33. The Kier molecular flexibility index (Phi) is 4.60. The van der Waals surface area contributed by atoms with Crippen LogP contribution >= 0.6 is 0 Å². The number of carbonyl (C=O) groups is 1. The number of nitrogens with two attached hydrogens (primary N) is 1. The van der Waals surface area contributed by atoms with Gasteiger partial charge in [-0.1, -0.05) is 35.9 Å². The molecule has 0 bridgehead atoms. The van der Waals surface area contributed by atoms with E-state index in [0.717, 1.165) is 16.7 Å². The zero-order valence-electron chi connectivity index (χ0n) is 12.5. The van der Waals surface area contributed by atoms with E-state index in [1.54, 1.807) is 7.11 Å². The summed E-state index contributed by atoms with van der Waals surface area (Å²) >= 11 is 0. The van der Waals surface area contributed by atoms with Crippen LogP contribution < -0.4 is 15.8 Å². The van der Waals surface area contributed by atoms with Gasteiger partial charge in [-0.2, -0.15) is 0 Å². The standard InChI is InChI=1S/C17H20N2O2/c1-11-4-7-13(8-5-11)16(18)17(20)19-14-9-6-12(2)10-15(14)21-3/h4-10,16H,18H2,1-3H3,(H,19,20). The zero-order chi connectivity index (χ0) is 15.4. The van der Waals surface area contributed by atoms with Crippen LogP contribution in [0.1, 0.15) is 22.7 Å². The van der Waals surface area contributed by atoms with Gasteiger partial charge in [0.15, 0.2) is 0 Å². The predicted molar refractivity (Wildman–Crippen MR) is 84.5 cm³/mol. The Morgan fingerprint density at radius 3 is 2.33 bits per heavy atom. The van der Waals surface area contributed by atoms with Crippen LogP contribution in [-0.4, -0.2) is 13.0 Å². The van der Waals surface area contributed by atoms with Crippen LogP contribution in [0, 0.1) is 13.8 Å². The van der Waals surface area contributed by atoms with Gasteiger partial charge in [-0.25, -0.2) is 0 Å². The maximum Gasteiger partial charge on any atom is 0.245 e. The molecule has 0 saturated heterocycles. The topological polar surface area (TPSA) is 64.3 Å². The Balaban J connectivity index is 2.16. The molecule has 0 fully saturated rings. The largest absolute Gasteiger partial charge is 0.495 e. The van der Waals surface area contributed by atoms with Gasteiger partial charge in [0.1, 0.15) is 11.8 Å². The summed E-state index contributed by atoms with van der Waals surface area (Å²) in [4.78, 5) is 12.3. The first-order valence-electron chi connectivity index (χ1n) is 6.79. The summed E-state index contributed by atoms with van der Waals surface area (Å²) in [5.74, 6) is 0.362. The summed E-state index contributed by atoms with van der Waals surface area (Å²) in [7, 11) is 1.57. The highest BCUT2D eigenvalue weighted by Gasteiger charge is 2.17. The molecule has 0 heterocycles. The number of ether oxygens (including phenoxy) is 1.